The van der Waals surface area contributed by atoms with Gasteiger partial charge in [-0.05, 0) is 27.1 Å². The van der Waals surface area contributed by atoms with Gasteiger partial charge in [-0.3, -0.25) is 4.90 Å². The predicted molar refractivity (Wildman–Crippen MR) is 61.0 cm³/mol. The molecule has 0 aromatic heterocycles. The highest BCUT2D eigenvalue weighted by atomic mass is 16.6. The summed E-state index contributed by atoms with van der Waals surface area (Å²) in [7, 11) is 3.78. The van der Waals surface area contributed by atoms with E-state index in [2.05, 4.69) is 0 Å². The number of fused-ring (bicyclic) bond motifs is 1. The molecule has 0 fully saturated rings. The molecular formula is C12H17NO3. The SMILES string of the molecule is CCO.CN(C)C1OC(=O)c2ccccc21. The molecule has 1 aliphatic heterocycles. The maximum Gasteiger partial charge on any atom is 0.340 e. The summed E-state index contributed by atoms with van der Waals surface area (Å²) in [5.41, 5.74) is 1.64. The van der Waals surface area contributed by atoms with Crippen LogP contribution < -0.4 is 0 Å². The van der Waals surface area contributed by atoms with E-state index in [1.807, 2.05) is 37.2 Å². The summed E-state index contributed by atoms with van der Waals surface area (Å²) < 4.78 is 5.18. The highest BCUT2D eigenvalue weighted by Crippen LogP contribution is 2.31. The average molecular weight is 223 g/mol. The number of aliphatic hydroxyl groups is 1. The van der Waals surface area contributed by atoms with E-state index in [9.17, 15) is 4.79 Å². The lowest BCUT2D eigenvalue weighted by atomic mass is 10.1. The third-order valence-corrected chi connectivity index (χ3v) is 2.13. The fraction of sp³-hybridized carbons (Fsp3) is 0.417. The molecule has 2 rings (SSSR count). The van der Waals surface area contributed by atoms with Crippen LogP contribution in [0, 0.1) is 0 Å². The Morgan fingerprint density at radius 3 is 2.50 bits per heavy atom. The largest absolute Gasteiger partial charge is 0.438 e. The molecule has 1 atom stereocenters. The van der Waals surface area contributed by atoms with Gasteiger partial charge in [0.05, 0.1) is 5.56 Å². The fourth-order valence-electron chi connectivity index (χ4n) is 1.51. The second kappa shape index (κ2) is 5.63. The third-order valence-electron chi connectivity index (χ3n) is 2.13. The minimum absolute atomic E-state index is 0.219. The Morgan fingerprint density at radius 2 is 1.94 bits per heavy atom. The second-order valence-electron chi connectivity index (χ2n) is 3.62. The number of esters is 1. The van der Waals surface area contributed by atoms with Crippen LogP contribution in [0.3, 0.4) is 0 Å². The number of carbonyl (C=O) groups is 1. The minimum Gasteiger partial charge on any atom is -0.438 e. The zero-order valence-electron chi connectivity index (χ0n) is 9.80. The number of rotatable bonds is 1. The lowest BCUT2D eigenvalue weighted by molar-refractivity contribution is -0.00336. The first-order valence-electron chi connectivity index (χ1n) is 5.19. The Balaban J connectivity index is 0.000000386. The molecule has 1 aromatic carbocycles. The van der Waals surface area contributed by atoms with Crippen LogP contribution in [-0.4, -0.2) is 36.7 Å². The van der Waals surface area contributed by atoms with Crippen LogP contribution >= 0.6 is 0 Å². The van der Waals surface area contributed by atoms with Crippen molar-refractivity contribution in [2.75, 3.05) is 20.7 Å². The van der Waals surface area contributed by atoms with Gasteiger partial charge in [0.2, 0.25) is 0 Å². The standard InChI is InChI=1S/C10H11NO2.C2H6O/c1-11(2)9-7-5-3-4-6-8(7)10(12)13-9;1-2-3/h3-6,9H,1-2H3;3H,2H2,1H3. The van der Waals surface area contributed by atoms with Gasteiger partial charge in [-0.2, -0.15) is 0 Å². The van der Waals surface area contributed by atoms with Gasteiger partial charge in [0.1, 0.15) is 0 Å². The number of carbonyl (C=O) groups excluding carboxylic acids is 1. The van der Waals surface area contributed by atoms with Gasteiger partial charge in [-0.15, -0.1) is 0 Å². The average Bonchev–Trinajstić information content (AvgIpc) is 2.58. The lowest BCUT2D eigenvalue weighted by Gasteiger charge is -2.18. The molecule has 0 amide bonds. The topological polar surface area (TPSA) is 49.8 Å². The Hall–Kier alpha value is -1.39. The van der Waals surface area contributed by atoms with Gasteiger partial charge in [0, 0.05) is 12.2 Å². The number of ether oxygens (including phenoxy) is 1. The summed E-state index contributed by atoms with van der Waals surface area (Å²) in [6, 6.07) is 7.47. The van der Waals surface area contributed by atoms with Crippen LogP contribution in [0.4, 0.5) is 0 Å². The van der Waals surface area contributed by atoms with E-state index >= 15 is 0 Å². The Labute approximate surface area is 95.5 Å². The molecule has 16 heavy (non-hydrogen) atoms. The summed E-state index contributed by atoms with van der Waals surface area (Å²) in [5.74, 6) is -0.227. The molecule has 0 bridgehead atoms. The number of cyclic esters (lactones) is 1. The van der Waals surface area contributed by atoms with Crippen LogP contribution in [-0.2, 0) is 4.74 Å². The molecule has 1 heterocycles. The Kier molecular flexibility index (Phi) is 4.46. The van der Waals surface area contributed by atoms with Gasteiger partial charge in [0.15, 0.2) is 6.23 Å². The number of benzene rings is 1. The van der Waals surface area contributed by atoms with E-state index in [0.717, 1.165) is 5.56 Å². The molecule has 1 unspecified atom stereocenters. The van der Waals surface area contributed by atoms with E-state index < -0.39 is 0 Å². The quantitative estimate of drug-likeness (QED) is 0.731. The van der Waals surface area contributed by atoms with E-state index in [1.165, 1.54) is 0 Å². The van der Waals surface area contributed by atoms with Gasteiger partial charge in [-0.1, -0.05) is 18.2 Å². The highest BCUT2D eigenvalue weighted by Gasteiger charge is 2.31. The summed E-state index contributed by atoms with van der Waals surface area (Å²) >= 11 is 0. The third kappa shape index (κ3) is 2.59. The summed E-state index contributed by atoms with van der Waals surface area (Å²) in [5, 5.41) is 7.57. The first kappa shape index (κ1) is 12.7. The van der Waals surface area contributed by atoms with Crippen molar-refractivity contribution in [2.24, 2.45) is 0 Å². The molecular weight excluding hydrogens is 206 g/mol. The van der Waals surface area contributed by atoms with Crippen LogP contribution in [0.25, 0.3) is 0 Å². The molecule has 0 aliphatic carbocycles. The first-order valence-corrected chi connectivity index (χ1v) is 5.19. The zero-order valence-corrected chi connectivity index (χ0v) is 9.80. The van der Waals surface area contributed by atoms with Crippen molar-refractivity contribution in [2.45, 2.75) is 13.2 Å². The molecule has 4 heteroatoms. The van der Waals surface area contributed by atoms with E-state index in [0.29, 0.717) is 5.56 Å². The van der Waals surface area contributed by atoms with Gasteiger partial charge >= 0.3 is 5.97 Å². The maximum atomic E-state index is 11.3. The molecule has 0 saturated heterocycles. The number of hydrogen-bond acceptors (Lipinski definition) is 4. The summed E-state index contributed by atoms with van der Waals surface area (Å²) in [6.45, 7) is 1.93. The van der Waals surface area contributed by atoms with Crippen molar-refractivity contribution >= 4 is 5.97 Å². The van der Waals surface area contributed by atoms with Crippen molar-refractivity contribution in [1.29, 1.82) is 0 Å². The lowest BCUT2D eigenvalue weighted by Crippen LogP contribution is -2.19. The molecule has 1 aliphatic rings. The Morgan fingerprint density at radius 1 is 1.38 bits per heavy atom. The van der Waals surface area contributed by atoms with E-state index in [-0.39, 0.29) is 18.8 Å². The molecule has 4 nitrogen and oxygen atoms in total. The van der Waals surface area contributed by atoms with Crippen molar-refractivity contribution in [3.63, 3.8) is 0 Å². The molecule has 88 valence electrons. The Bertz CT molecular complexity index is 363. The smallest absolute Gasteiger partial charge is 0.340 e. The highest BCUT2D eigenvalue weighted by molar-refractivity contribution is 5.93. The normalized spacial score (nSPS) is 17.6. The summed E-state index contributed by atoms with van der Waals surface area (Å²) in [6.07, 6.45) is -0.219. The monoisotopic (exact) mass is 223 g/mol. The van der Waals surface area contributed by atoms with Crippen LogP contribution in [0.15, 0.2) is 24.3 Å². The first-order chi connectivity index (χ1) is 7.61. The van der Waals surface area contributed by atoms with Crippen molar-refractivity contribution < 1.29 is 14.6 Å². The van der Waals surface area contributed by atoms with Crippen molar-refractivity contribution in [1.82, 2.24) is 4.90 Å². The van der Waals surface area contributed by atoms with Crippen molar-refractivity contribution in [3.8, 4) is 0 Å². The zero-order chi connectivity index (χ0) is 12.1. The van der Waals surface area contributed by atoms with Gasteiger partial charge in [0.25, 0.3) is 0 Å². The number of aliphatic hydroxyl groups excluding tert-OH is 1. The number of hydrogen-bond donors (Lipinski definition) is 1. The summed E-state index contributed by atoms with van der Waals surface area (Å²) in [4.78, 5) is 13.2. The van der Waals surface area contributed by atoms with Gasteiger partial charge < -0.3 is 9.84 Å². The predicted octanol–water partition coefficient (Wildman–Crippen LogP) is 1.42. The molecule has 0 saturated carbocycles. The molecule has 1 N–H and O–H groups in total. The van der Waals surface area contributed by atoms with E-state index in [1.54, 1.807) is 13.0 Å². The van der Waals surface area contributed by atoms with Crippen LogP contribution in [0.1, 0.15) is 29.1 Å². The molecule has 0 spiro atoms. The molecule has 0 radical (unpaired) electrons. The second-order valence-corrected chi connectivity index (χ2v) is 3.62. The van der Waals surface area contributed by atoms with Gasteiger partial charge in [-0.25, -0.2) is 4.79 Å². The number of nitrogens with zero attached hydrogens (tertiary/aromatic N) is 1. The maximum absolute atomic E-state index is 11.3. The van der Waals surface area contributed by atoms with E-state index in [4.69, 9.17) is 9.84 Å². The minimum atomic E-state index is -0.227. The van der Waals surface area contributed by atoms with Crippen LogP contribution in [0.2, 0.25) is 0 Å². The molecule has 1 aromatic rings. The fourth-order valence-corrected chi connectivity index (χ4v) is 1.51. The van der Waals surface area contributed by atoms with Crippen molar-refractivity contribution in [3.05, 3.63) is 35.4 Å². The van der Waals surface area contributed by atoms with Crippen LogP contribution in [0.5, 0.6) is 0 Å².